The minimum Gasteiger partial charge on any atom is -0.372 e. The molecule has 7 nitrogen and oxygen atoms in total. The number of hydrogen-bond donors (Lipinski definition) is 5. The van der Waals surface area contributed by atoms with Gasteiger partial charge >= 0.3 is 0 Å². The highest BCUT2D eigenvalue weighted by atomic mass is 16.2. The Bertz CT molecular complexity index is 402. The van der Waals surface area contributed by atoms with Gasteiger partial charge in [-0.15, -0.1) is 0 Å². The van der Waals surface area contributed by atoms with Gasteiger partial charge in [0.1, 0.15) is 11.9 Å². The number of nitrogens with one attached hydrogen (secondary N) is 3. The average Bonchev–Trinajstić information content (AvgIpc) is 2.54. The lowest BCUT2D eigenvalue weighted by Crippen LogP contribution is -2.48. The zero-order chi connectivity index (χ0) is 18.5. The molecule has 2 atom stereocenters. The maximum atomic E-state index is 12.3. The van der Waals surface area contributed by atoms with Crippen LogP contribution in [0.3, 0.4) is 0 Å². The van der Waals surface area contributed by atoms with Gasteiger partial charge in [-0.1, -0.05) is 20.3 Å². The second-order valence-corrected chi connectivity index (χ2v) is 6.00. The molecule has 0 saturated heterocycles. The van der Waals surface area contributed by atoms with E-state index in [1.807, 2.05) is 34.0 Å². The summed E-state index contributed by atoms with van der Waals surface area (Å²) in [6.07, 6.45) is 4.09. The van der Waals surface area contributed by atoms with E-state index in [9.17, 15) is 9.59 Å². The van der Waals surface area contributed by atoms with Gasteiger partial charge in [0.15, 0.2) is 0 Å². The molecule has 1 amide bonds. The molecule has 0 saturated carbocycles. The third kappa shape index (κ3) is 7.79. The number of amides is 1. The molecule has 0 aromatic heterocycles. The van der Waals surface area contributed by atoms with E-state index in [1.54, 1.807) is 0 Å². The van der Waals surface area contributed by atoms with Crippen LogP contribution in [0, 0.1) is 5.92 Å². The van der Waals surface area contributed by atoms with Crippen LogP contribution < -0.4 is 27.4 Å². The summed E-state index contributed by atoms with van der Waals surface area (Å²) in [5, 5.41) is 9.15. The summed E-state index contributed by atoms with van der Waals surface area (Å²) in [7, 11) is 0. The van der Waals surface area contributed by atoms with E-state index in [4.69, 9.17) is 11.5 Å². The van der Waals surface area contributed by atoms with Gasteiger partial charge in [0.2, 0.25) is 12.2 Å². The number of unbranched alkanes of at least 4 members (excludes halogenated alkanes) is 1. The van der Waals surface area contributed by atoms with E-state index in [1.165, 1.54) is 0 Å². The van der Waals surface area contributed by atoms with Crippen LogP contribution in [0.5, 0.6) is 0 Å². The van der Waals surface area contributed by atoms with E-state index >= 15 is 0 Å². The van der Waals surface area contributed by atoms with E-state index in [2.05, 4.69) is 16.0 Å². The Labute approximate surface area is 146 Å². The van der Waals surface area contributed by atoms with Gasteiger partial charge in [-0.3, -0.25) is 9.59 Å². The maximum Gasteiger partial charge on any atom is 0.237 e. The van der Waals surface area contributed by atoms with E-state index in [-0.39, 0.29) is 11.8 Å². The Kier molecular flexibility index (Phi) is 11.9. The second kappa shape index (κ2) is 12.8. The van der Waals surface area contributed by atoms with Crippen molar-refractivity contribution in [3.05, 3.63) is 11.4 Å². The largest absolute Gasteiger partial charge is 0.372 e. The van der Waals surface area contributed by atoms with Gasteiger partial charge in [-0.05, 0) is 39.2 Å². The molecule has 7 N–H and O–H groups in total. The Hall–Kier alpha value is -1.60. The fourth-order valence-electron chi connectivity index (χ4n) is 2.45. The molecular weight excluding hydrogens is 306 g/mol. The number of nitrogens with two attached hydrogens (primary N) is 2. The molecule has 0 aliphatic heterocycles. The lowest BCUT2D eigenvalue weighted by molar-refractivity contribution is -0.122. The minimum atomic E-state index is -0.828. The number of rotatable bonds is 13. The van der Waals surface area contributed by atoms with Crippen LogP contribution in [0.2, 0.25) is 0 Å². The van der Waals surface area contributed by atoms with Crippen molar-refractivity contribution in [3.63, 3.8) is 0 Å². The summed E-state index contributed by atoms with van der Waals surface area (Å²) in [6.45, 7) is 9.88. The third-order valence-electron chi connectivity index (χ3n) is 3.64. The SMILES string of the molecule is CCNC(NCC)=C(C(C)C)[C@@H]([C]=O)NC(=O)[C@H](N)CCCCN. The van der Waals surface area contributed by atoms with Crippen molar-refractivity contribution < 1.29 is 9.59 Å². The van der Waals surface area contributed by atoms with Gasteiger partial charge in [0.05, 0.1) is 6.04 Å². The fourth-order valence-corrected chi connectivity index (χ4v) is 2.45. The summed E-state index contributed by atoms with van der Waals surface area (Å²) in [5.74, 6) is 0.476. The summed E-state index contributed by atoms with van der Waals surface area (Å²) in [5.41, 5.74) is 12.1. The molecule has 0 unspecified atom stereocenters. The first kappa shape index (κ1) is 22.4. The topological polar surface area (TPSA) is 122 Å². The quantitative estimate of drug-likeness (QED) is 0.304. The molecule has 0 aromatic carbocycles. The lowest BCUT2D eigenvalue weighted by atomic mass is 9.95. The normalized spacial score (nSPS) is 13.1. The maximum absolute atomic E-state index is 12.3. The third-order valence-corrected chi connectivity index (χ3v) is 3.64. The van der Waals surface area contributed by atoms with Crippen LogP contribution in [0.1, 0.15) is 47.0 Å². The van der Waals surface area contributed by atoms with E-state index in [0.29, 0.717) is 26.1 Å². The minimum absolute atomic E-state index is 0.0540. The van der Waals surface area contributed by atoms with Crippen LogP contribution in [0.25, 0.3) is 0 Å². The highest BCUT2D eigenvalue weighted by Gasteiger charge is 2.25. The van der Waals surface area contributed by atoms with Crippen molar-refractivity contribution in [2.75, 3.05) is 19.6 Å². The summed E-state index contributed by atoms with van der Waals surface area (Å²) < 4.78 is 0. The highest BCUT2D eigenvalue weighted by Crippen LogP contribution is 2.16. The monoisotopic (exact) mass is 340 g/mol. The molecule has 1 radical (unpaired) electrons. The predicted octanol–water partition coefficient (Wildman–Crippen LogP) is 0.124. The number of carbonyl (C=O) groups is 1. The van der Waals surface area contributed by atoms with Crippen LogP contribution >= 0.6 is 0 Å². The van der Waals surface area contributed by atoms with Gasteiger partial charge < -0.3 is 27.4 Å². The molecule has 7 heteroatoms. The summed E-state index contributed by atoms with van der Waals surface area (Å²) in [6, 6.07) is -1.48. The Morgan fingerprint density at radius 2 is 1.71 bits per heavy atom. The second-order valence-electron chi connectivity index (χ2n) is 6.00. The first-order chi connectivity index (χ1) is 11.4. The van der Waals surface area contributed by atoms with Crippen molar-refractivity contribution in [1.82, 2.24) is 16.0 Å². The Morgan fingerprint density at radius 1 is 1.12 bits per heavy atom. The lowest BCUT2D eigenvalue weighted by Gasteiger charge is -2.25. The van der Waals surface area contributed by atoms with E-state index < -0.39 is 12.1 Å². The average molecular weight is 340 g/mol. The first-order valence-corrected chi connectivity index (χ1v) is 8.78. The highest BCUT2D eigenvalue weighted by molar-refractivity contribution is 5.85. The van der Waals surface area contributed by atoms with Gasteiger partial charge in [-0.2, -0.15) is 0 Å². The Balaban J connectivity index is 5.18. The molecule has 0 aliphatic rings. The van der Waals surface area contributed by atoms with Crippen molar-refractivity contribution in [2.24, 2.45) is 17.4 Å². The van der Waals surface area contributed by atoms with Crippen molar-refractivity contribution in [1.29, 1.82) is 0 Å². The summed E-state index contributed by atoms with van der Waals surface area (Å²) >= 11 is 0. The van der Waals surface area contributed by atoms with Crippen molar-refractivity contribution in [3.8, 4) is 0 Å². The molecule has 0 aromatic rings. The van der Waals surface area contributed by atoms with Crippen LogP contribution in [0.4, 0.5) is 0 Å². The van der Waals surface area contributed by atoms with Crippen LogP contribution in [-0.4, -0.2) is 43.9 Å². The molecular formula is C17H34N5O2. The molecule has 0 spiro atoms. The molecule has 0 aliphatic carbocycles. The fraction of sp³-hybridized carbons (Fsp3) is 0.765. The smallest absolute Gasteiger partial charge is 0.237 e. The molecule has 0 heterocycles. The first-order valence-electron chi connectivity index (χ1n) is 8.78. The zero-order valence-corrected chi connectivity index (χ0v) is 15.4. The van der Waals surface area contributed by atoms with Gasteiger partial charge in [0.25, 0.3) is 0 Å². The number of hydrogen-bond acceptors (Lipinski definition) is 6. The van der Waals surface area contributed by atoms with Crippen molar-refractivity contribution >= 4 is 12.2 Å². The molecule has 139 valence electrons. The van der Waals surface area contributed by atoms with Crippen molar-refractivity contribution in [2.45, 2.75) is 59.0 Å². The van der Waals surface area contributed by atoms with Gasteiger partial charge in [-0.25, -0.2) is 0 Å². The zero-order valence-electron chi connectivity index (χ0n) is 15.4. The Morgan fingerprint density at radius 3 is 2.12 bits per heavy atom. The standard InChI is InChI=1S/C17H34N5O2/c1-5-20-16(21-6-2)15(12(3)4)14(11-23)22-17(24)13(19)9-7-8-10-18/h12-14,20-21H,5-10,18-19H2,1-4H3,(H,22,24)/t13-,14-/m1/s1. The number of carbonyl (C=O) groups excluding carboxylic acids is 2. The van der Waals surface area contributed by atoms with Gasteiger partial charge in [0, 0.05) is 18.7 Å². The molecule has 0 fully saturated rings. The van der Waals surface area contributed by atoms with E-state index in [0.717, 1.165) is 24.2 Å². The van der Waals surface area contributed by atoms with Crippen LogP contribution in [-0.2, 0) is 9.59 Å². The summed E-state index contributed by atoms with van der Waals surface area (Å²) in [4.78, 5) is 23.8. The molecule has 0 rings (SSSR count). The van der Waals surface area contributed by atoms with Crippen LogP contribution in [0.15, 0.2) is 11.4 Å². The predicted molar refractivity (Wildman–Crippen MR) is 97.7 cm³/mol. The molecule has 24 heavy (non-hydrogen) atoms. The molecule has 0 bridgehead atoms.